The lowest BCUT2D eigenvalue weighted by atomic mass is 9.93. The summed E-state index contributed by atoms with van der Waals surface area (Å²) in [6.07, 6.45) is 21.8. The molecule has 0 N–H and O–H groups in total. The third kappa shape index (κ3) is 10.2. The second-order valence-electron chi connectivity index (χ2n) is 12.4. The lowest BCUT2D eigenvalue weighted by Crippen LogP contribution is -2.10. The molecule has 2 unspecified atom stereocenters. The maximum absolute atomic E-state index is 13.3. The lowest BCUT2D eigenvalue weighted by molar-refractivity contribution is 0.513. The van der Waals surface area contributed by atoms with Gasteiger partial charge in [0.15, 0.2) is 11.5 Å². The topological polar surface area (TPSA) is 52.6 Å². The van der Waals surface area contributed by atoms with Crippen LogP contribution in [0.25, 0.3) is 32.3 Å². The highest BCUT2D eigenvalue weighted by Crippen LogP contribution is 2.47. The molecule has 2 atom stereocenters. The van der Waals surface area contributed by atoms with Gasteiger partial charge in [-0.15, -0.1) is 0 Å². The van der Waals surface area contributed by atoms with E-state index in [0.29, 0.717) is 23.0 Å². The Morgan fingerprint density at radius 3 is 1.16 bits per heavy atom. The third-order valence-corrected chi connectivity index (χ3v) is 10.7. The number of hydrogen-bond acceptors (Lipinski definition) is 4. The molecule has 4 aromatic rings. The molecule has 6 heteroatoms. The highest BCUT2D eigenvalue weighted by molar-refractivity contribution is 7.80. The van der Waals surface area contributed by atoms with E-state index in [1.807, 2.05) is 24.3 Å². The van der Waals surface area contributed by atoms with E-state index in [9.17, 15) is 8.42 Å². The van der Waals surface area contributed by atoms with Gasteiger partial charge in [0, 0.05) is 21.5 Å². The smallest absolute Gasteiger partial charge is 0.206 e. The summed E-state index contributed by atoms with van der Waals surface area (Å²) >= 11 is -3.02. The van der Waals surface area contributed by atoms with Crippen molar-refractivity contribution in [3.8, 4) is 11.5 Å². The maximum atomic E-state index is 13.3. The van der Waals surface area contributed by atoms with Crippen LogP contribution in [-0.2, 0) is 22.2 Å². The molecule has 0 fully saturated rings. The largest absolute Gasteiger partial charge is 0.396 e. The number of unbranched alkanes of at least 4 members (excludes halogenated alkanes) is 16. The van der Waals surface area contributed by atoms with Gasteiger partial charge in [0.1, 0.15) is 0 Å². The van der Waals surface area contributed by atoms with Crippen LogP contribution < -0.4 is 8.37 Å². The minimum Gasteiger partial charge on any atom is -0.396 e. The van der Waals surface area contributed by atoms with Gasteiger partial charge in [0.05, 0.1) is 11.5 Å². The normalized spacial score (nSPS) is 13.2. The zero-order valence-corrected chi connectivity index (χ0v) is 28.8. The zero-order valence-electron chi connectivity index (χ0n) is 27.2. The monoisotopic (exact) mass is 638 g/mol. The van der Waals surface area contributed by atoms with Gasteiger partial charge in [-0.05, 0) is 23.6 Å². The first-order valence-electron chi connectivity index (χ1n) is 17.5. The molecule has 44 heavy (non-hydrogen) atoms. The van der Waals surface area contributed by atoms with Gasteiger partial charge in [-0.2, -0.15) is 0 Å². The first-order valence-corrected chi connectivity index (χ1v) is 20.0. The minimum atomic E-state index is -1.51. The highest BCUT2D eigenvalue weighted by atomic mass is 32.2. The summed E-state index contributed by atoms with van der Waals surface area (Å²) in [5, 5.41) is 6.08. The van der Waals surface area contributed by atoms with Crippen LogP contribution in [0.1, 0.15) is 129 Å². The third-order valence-electron chi connectivity index (χ3n) is 8.76. The molecule has 4 nitrogen and oxygen atoms in total. The van der Waals surface area contributed by atoms with E-state index in [0.717, 1.165) is 58.0 Å². The highest BCUT2D eigenvalue weighted by Gasteiger charge is 2.23. The fraction of sp³-hybridized carbons (Fsp3) is 0.579. The molecule has 0 bridgehead atoms. The predicted octanol–water partition coefficient (Wildman–Crippen LogP) is 11.7. The molecule has 0 aliphatic carbocycles. The van der Waals surface area contributed by atoms with Crippen LogP contribution in [0.3, 0.4) is 0 Å². The van der Waals surface area contributed by atoms with E-state index < -0.39 is 22.2 Å². The van der Waals surface area contributed by atoms with Crippen LogP contribution in [0, 0.1) is 0 Å². The maximum Gasteiger partial charge on any atom is 0.206 e. The molecule has 242 valence electrons. The summed E-state index contributed by atoms with van der Waals surface area (Å²) in [7, 11) is 0. The molecule has 0 aromatic heterocycles. The van der Waals surface area contributed by atoms with Gasteiger partial charge in [0.25, 0.3) is 0 Å². The van der Waals surface area contributed by atoms with Gasteiger partial charge in [-0.25, -0.2) is 8.42 Å². The lowest BCUT2D eigenvalue weighted by Gasteiger charge is -2.19. The van der Waals surface area contributed by atoms with Gasteiger partial charge in [-0.1, -0.05) is 165 Å². The Hall–Kier alpha value is -2.18. The molecule has 4 rings (SSSR count). The minimum absolute atomic E-state index is 0.455. The summed E-state index contributed by atoms with van der Waals surface area (Å²) in [5.74, 6) is 1.87. The molecule has 0 aliphatic rings. The van der Waals surface area contributed by atoms with Crippen LogP contribution in [0.15, 0.2) is 48.5 Å². The standard InChI is InChI=1S/C38H54O4S2/c1-3-5-7-9-11-13-15-17-19-29-43(39)41-37-33-25-21-23-31-27-28-32-24-22-26-34(36(32)35(31)33)38(37)42-44(40)30-20-18-16-14-12-10-8-6-4-2/h21-28H,3-20,29-30H2,1-2H3. The zero-order chi connectivity index (χ0) is 31.0. The molecule has 0 spiro atoms. The summed E-state index contributed by atoms with van der Waals surface area (Å²) in [6, 6.07) is 16.5. The van der Waals surface area contributed by atoms with Crippen molar-refractivity contribution in [3.63, 3.8) is 0 Å². The Morgan fingerprint density at radius 1 is 0.455 bits per heavy atom. The van der Waals surface area contributed by atoms with Gasteiger partial charge in [-0.3, -0.25) is 0 Å². The summed E-state index contributed by atoms with van der Waals surface area (Å²) < 4.78 is 39.1. The fourth-order valence-electron chi connectivity index (χ4n) is 6.27. The Kier molecular flexibility index (Phi) is 15.3. The second kappa shape index (κ2) is 19.4. The van der Waals surface area contributed by atoms with Crippen molar-refractivity contribution in [2.45, 2.75) is 129 Å². The predicted molar refractivity (Wildman–Crippen MR) is 192 cm³/mol. The SMILES string of the molecule is CCCCCCCCCCCS(=O)Oc1c(OS(=O)CCCCCCCCCCC)c2cccc3ccc4cccc1c4c32. The van der Waals surface area contributed by atoms with Gasteiger partial charge < -0.3 is 8.37 Å². The first kappa shape index (κ1) is 34.7. The fourth-order valence-corrected chi connectivity index (χ4v) is 8.02. The average Bonchev–Trinajstić information content (AvgIpc) is 3.04. The van der Waals surface area contributed by atoms with Crippen molar-refractivity contribution in [1.82, 2.24) is 0 Å². The summed E-state index contributed by atoms with van der Waals surface area (Å²) in [4.78, 5) is 0. The molecule has 0 aliphatic heterocycles. The van der Waals surface area contributed by atoms with Crippen molar-refractivity contribution >= 4 is 54.5 Å². The van der Waals surface area contributed by atoms with E-state index in [1.165, 1.54) is 89.9 Å². The molecule has 0 radical (unpaired) electrons. The van der Waals surface area contributed by atoms with Crippen LogP contribution in [0.4, 0.5) is 0 Å². The van der Waals surface area contributed by atoms with E-state index >= 15 is 0 Å². The summed E-state index contributed by atoms with van der Waals surface area (Å²) in [6.45, 7) is 4.50. The van der Waals surface area contributed by atoms with Crippen molar-refractivity contribution in [2.24, 2.45) is 0 Å². The second-order valence-corrected chi connectivity index (χ2v) is 14.7. The molecule has 0 saturated heterocycles. The molecule has 4 aromatic carbocycles. The van der Waals surface area contributed by atoms with Gasteiger partial charge in [0.2, 0.25) is 22.2 Å². The van der Waals surface area contributed by atoms with E-state index in [-0.39, 0.29) is 0 Å². The van der Waals surface area contributed by atoms with Crippen molar-refractivity contribution in [2.75, 3.05) is 11.5 Å². The number of rotatable bonds is 24. The van der Waals surface area contributed by atoms with E-state index in [4.69, 9.17) is 8.37 Å². The molecular formula is C38H54O4S2. The Bertz CT molecular complexity index is 1340. The van der Waals surface area contributed by atoms with Crippen LogP contribution in [-0.4, -0.2) is 19.9 Å². The van der Waals surface area contributed by atoms with Crippen molar-refractivity contribution in [3.05, 3.63) is 48.5 Å². The van der Waals surface area contributed by atoms with Crippen molar-refractivity contribution < 1.29 is 16.8 Å². The Morgan fingerprint density at radius 2 is 0.795 bits per heavy atom. The molecule has 0 amide bonds. The molecule has 0 saturated carbocycles. The van der Waals surface area contributed by atoms with Crippen LogP contribution >= 0.6 is 0 Å². The quantitative estimate of drug-likeness (QED) is 0.0566. The van der Waals surface area contributed by atoms with E-state index in [1.54, 1.807) is 0 Å². The number of hydrogen-bond donors (Lipinski definition) is 0. The first-order chi connectivity index (χ1) is 21.6. The van der Waals surface area contributed by atoms with Crippen molar-refractivity contribution in [1.29, 1.82) is 0 Å². The summed E-state index contributed by atoms with van der Waals surface area (Å²) in [5.41, 5.74) is 0. The molecular weight excluding hydrogens is 585 g/mol. The molecule has 0 heterocycles. The average molecular weight is 639 g/mol. The van der Waals surface area contributed by atoms with Crippen LogP contribution in [0.5, 0.6) is 11.5 Å². The Balaban J connectivity index is 1.42. The van der Waals surface area contributed by atoms with Crippen LogP contribution in [0.2, 0.25) is 0 Å². The number of benzene rings is 4. The van der Waals surface area contributed by atoms with E-state index in [2.05, 4.69) is 38.1 Å². The van der Waals surface area contributed by atoms with Gasteiger partial charge >= 0.3 is 0 Å². The Labute approximate surface area is 271 Å².